The van der Waals surface area contributed by atoms with E-state index in [0.717, 1.165) is 6.54 Å². The fraction of sp³-hybridized carbons (Fsp3) is 0.500. The van der Waals surface area contributed by atoms with Crippen LogP contribution >= 0.6 is 23.4 Å². The van der Waals surface area contributed by atoms with E-state index in [1.165, 1.54) is 25.7 Å². The first-order chi connectivity index (χ1) is 9.06. The molecular formula is C14H18ClNO2S. The Morgan fingerprint density at radius 2 is 2.16 bits per heavy atom. The number of benzene rings is 1. The summed E-state index contributed by atoms with van der Waals surface area (Å²) < 4.78 is 0.234. The lowest BCUT2D eigenvalue weighted by molar-refractivity contribution is 0.0698. The zero-order valence-corrected chi connectivity index (χ0v) is 12.5. The fourth-order valence-electron chi connectivity index (χ4n) is 2.58. The fourth-order valence-corrected chi connectivity index (χ4v) is 3.66. The zero-order chi connectivity index (χ0) is 13.9. The van der Waals surface area contributed by atoms with Crippen molar-refractivity contribution in [3.8, 4) is 0 Å². The van der Waals surface area contributed by atoms with Gasteiger partial charge in [0.05, 0.1) is 11.3 Å². The molecule has 1 fully saturated rings. The van der Waals surface area contributed by atoms with Crippen molar-refractivity contribution in [3.05, 3.63) is 28.8 Å². The molecule has 5 heteroatoms. The van der Waals surface area contributed by atoms with E-state index in [2.05, 4.69) is 11.6 Å². The molecule has 0 saturated heterocycles. The van der Waals surface area contributed by atoms with E-state index >= 15 is 0 Å². The van der Waals surface area contributed by atoms with Crippen LogP contribution in [0.4, 0.5) is 5.69 Å². The van der Waals surface area contributed by atoms with Crippen LogP contribution in [-0.4, -0.2) is 28.6 Å². The van der Waals surface area contributed by atoms with Crippen LogP contribution in [0.1, 0.15) is 36.0 Å². The van der Waals surface area contributed by atoms with Gasteiger partial charge in [0, 0.05) is 16.3 Å². The minimum atomic E-state index is -0.927. The van der Waals surface area contributed by atoms with E-state index in [1.54, 1.807) is 18.2 Å². The molecule has 19 heavy (non-hydrogen) atoms. The summed E-state index contributed by atoms with van der Waals surface area (Å²) in [6, 6.07) is 4.84. The third-order valence-corrected chi connectivity index (χ3v) is 5.41. The van der Waals surface area contributed by atoms with Gasteiger partial charge in [0.25, 0.3) is 0 Å². The Bertz CT molecular complexity index is 473. The second kappa shape index (κ2) is 6.06. The molecule has 0 atom stereocenters. The molecule has 0 amide bonds. The predicted molar refractivity (Wildman–Crippen MR) is 81.6 cm³/mol. The van der Waals surface area contributed by atoms with Gasteiger partial charge in [0.15, 0.2) is 0 Å². The van der Waals surface area contributed by atoms with Crippen molar-refractivity contribution in [1.29, 1.82) is 0 Å². The van der Waals surface area contributed by atoms with E-state index < -0.39 is 5.97 Å². The van der Waals surface area contributed by atoms with Crippen molar-refractivity contribution < 1.29 is 9.90 Å². The predicted octanol–water partition coefficient (Wildman–Crippen LogP) is 4.13. The van der Waals surface area contributed by atoms with Gasteiger partial charge < -0.3 is 10.4 Å². The van der Waals surface area contributed by atoms with Gasteiger partial charge in [-0.15, -0.1) is 0 Å². The minimum Gasteiger partial charge on any atom is -0.478 e. The van der Waals surface area contributed by atoms with E-state index in [9.17, 15) is 9.90 Å². The highest BCUT2D eigenvalue weighted by Crippen LogP contribution is 2.40. The number of halogens is 1. The summed E-state index contributed by atoms with van der Waals surface area (Å²) >= 11 is 7.82. The van der Waals surface area contributed by atoms with Gasteiger partial charge in [-0.25, -0.2) is 4.79 Å². The van der Waals surface area contributed by atoms with Gasteiger partial charge in [-0.05, 0) is 37.3 Å². The lowest BCUT2D eigenvalue weighted by atomic mass is 10.1. The maximum atomic E-state index is 11.2. The first kappa shape index (κ1) is 14.5. The van der Waals surface area contributed by atoms with Crippen LogP contribution < -0.4 is 5.32 Å². The molecule has 2 N–H and O–H groups in total. The molecule has 0 aliphatic heterocycles. The highest BCUT2D eigenvalue weighted by molar-refractivity contribution is 8.00. The Balaban J connectivity index is 2.14. The number of aromatic carboxylic acids is 1. The number of rotatable bonds is 5. The third-order valence-electron chi connectivity index (χ3n) is 3.76. The number of hydrogen-bond donors (Lipinski definition) is 2. The molecule has 1 aromatic rings. The van der Waals surface area contributed by atoms with Crippen molar-refractivity contribution >= 4 is 35.0 Å². The third kappa shape index (κ3) is 3.37. The molecule has 0 spiro atoms. The number of carbonyl (C=O) groups is 1. The largest absolute Gasteiger partial charge is 0.478 e. The second-order valence-electron chi connectivity index (χ2n) is 4.94. The Morgan fingerprint density at radius 3 is 2.74 bits per heavy atom. The maximum Gasteiger partial charge on any atom is 0.337 e. The maximum absolute atomic E-state index is 11.2. The smallest absolute Gasteiger partial charge is 0.337 e. The lowest BCUT2D eigenvalue weighted by Gasteiger charge is -2.27. The van der Waals surface area contributed by atoms with Crippen LogP contribution in [0.2, 0.25) is 5.02 Å². The standard InChI is InChI=1S/C14H18ClNO2S/c1-19-14(6-2-3-7-14)9-16-12-8-10(15)4-5-11(12)13(17)18/h4-5,8,16H,2-3,6-7,9H2,1H3,(H,17,18). The molecule has 0 unspecified atom stereocenters. The van der Waals surface area contributed by atoms with Crippen LogP contribution in [-0.2, 0) is 0 Å². The van der Waals surface area contributed by atoms with Crippen molar-refractivity contribution in [2.24, 2.45) is 0 Å². The molecule has 0 aromatic heterocycles. The minimum absolute atomic E-state index is 0.234. The van der Waals surface area contributed by atoms with Crippen molar-refractivity contribution in [2.75, 3.05) is 18.1 Å². The number of nitrogens with one attached hydrogen (secondary N) is 1. The van der Waals surface area contributed by atoms with Gasteiger partial charge in [0.1, 0.15) is 0 Å². The quantitative estimate of drug-likeness (QED) is 0.858. The van der Waals surface area contributed by atoms with E-state index in [4.69, 9.17) is 11.6 Å². The van der Waals surface area contributed by atoms with Crippen LogP contribution in [0.3, 0.4) is 0 Å². The van der Waals surface area contributed by atoms with Crippen molar-refractivity contribution in [1.82, 2.24) is 0 Å². The molecule has 3 nitrogen and oxygen atoms in total. The van der Waals surface area contributed by atoms with Gasteiger partial charge in [-0.2, -0.15) is 11.8 Å². The Kier molecular flexibility index (Phi) is 4.63. The van der Waals surface area contributed by atoms with Crippen LogP contribution in [0.5, 0.6) is 0 Å². The van der Waals surface area contributed by atoms with Crippen molar-refractivity contribution in [2.45, 2.75) is 30.4 Å². The summed E-state index contributed by atoms with van der Waals surface area (Å²) in [5, 5.41) is 13.0. The number of carboxylic acid groups (broad SMARTS) is 1. The molecular weight excluding hydrogens is 282 g/mol. The molecule has 0 radical (unpaired) electrons. The monoisotopic (exact) mass is 299 g/mol. The van der Waals surface area contributed by atoms with E-state index in [1.807, 2.05) is 11.8 Å². The first-order valence-electron chi connectivity index (χ1n) is 6.38. The average molecular weight is 300 g/mol. The molecule has 1 saturated carbocycles. The summed E-state index contributed by atoms with van der Waals surface area (Å²) in [5.41, 5.74) is 0.888. The van der Waals surface area contributed by atoms with Crippen LogP contribution in [0, 0.1) is 0 Å². The summed E-state index contributed by atoms with van der Waals surface area (Å²) in [7, 11) is 0. The van der Waals surface area contributed by atoms with Crippen LogP contribution in [0.25, 0.3) is 0 Å². The summed E-state index contributed by atoms with van der Waals surface area (Å²) in [6.07, 6.45) is 7.01. The van der Waals surface area contributed by atoms with Gasteiger partial charge in [0.2, 0.25) is 0 Å². The highest BCUT2D eigenvalue weighted by Gasteiger charge is 2.32. The Hall–Kier alpha value is -0.870. The normalized spacial score (nSPS) is 17.4. The molecule has 1 aromatic carbocycles. The van der Waals surface area contributed by atoms with E-state index in [0.29, 0.717) is 10.7 Å². The Morgan fingerprint density at radius 1 is 1.47 bits per heavy atom. The zero-order valence-electron chi connectivity index (χ0n) is 10.9. The molecule has 2 rings (SSSR count). The summed E-state index contributed by atoms with van der Waals surface area (Å²) in [5.74, 6) is -0.927. The molecule has 1 aliphatic carbocycles. The first-order valence-corrected chi connectivity index (χ1v) is 7.98. The second-order valence-corrected chi connectivity index (χ2v) is 6.65. The molecule has 0 bridgehead atoms. The van der Waals surface area contributed by atoms with Gasteiger partial charge in [-0.1, -0.05) is 24.4 Å². The topological polar surface area (TPSA) is 49.3 Å². The molecule has 0 heterocycles. The Labute approximate surface area is 122 Å². The number of thioether (sulfide) groups is 1. The summed E-state index contributed by atoms with van der Waals surface area (Å²) in [6.45, 7) is 0.786. The highest BCUT2D eigenvalue weighted by atomic mass is 35.5. The van der Waals surface area contributed by atoms with Crippen LogP contribution in [0.15, 0.2) is 18.2 Å². The average Bonchev–Trinajstić information content (AvgIpc) is 2.85. The number of anilines is 1. The molecule has 1 aliphatic rings. The van der Waals surface area contributed by atoms with E-state index in [-0.39, 0.29) is 10.3 Å². The molecule has 104 valence electrons. The lowest BCUT2D eigenvalue weighted by Crippen LogP contribution is -2.30. The van der Waals surface area contributed by atoms with Gasteiger partial charge >= 0.3 is 5.97 Å². The summed E-state index contributed by atoms with van der Waals surface area (Å²) in [4.78, 5) is 11.2. The number of hydrogen-bond acceptors (Lipinski definition) is 3. The number of carboxylic acids is 1. The van der Waals surface area contributed by atoms with Crippen molar-refractivity contribution in [3.63, 3.8) is 0 Å². The van der Waals surface area contributed by atoms with Gasteiger partial charge in [-0.3, -0.25) is 0 Å². The SMILES string of the molecule is CSC1(CNc2cc(Cl)ccc2C(=O)O)CCCC1.